The minimum absolute atomic E-state index is 0. The standard InChI is InChI=1S/C5H13NO2.ClH/c1-5(8,4-6)2-3-7;/h7-8H,2-4,6H2,1H3;1H. The number of rotatable bonds is 3. The monoisotopic (exact) mass is 155 g/mol. The molecule has 0 aromatic carbocycles. The lowest BCUT2D eigenvalue weighted by Gasteiger charge is -2.18. The van der Waals surface area contributed by atoms with Crippen molar-refractivity contribution in [2.24, 2.45) is 5.73 Å². The largest absolute Gasteiger partial charge is 0.396 e. The molecule has 58 valence electrons. The van der Waals surface area contributed by atoms with E-state index in [0.717, 1.165) is 0 Å². The zero-order chi connectivity index (χ0) is 6.62. The molecule has 0 spiro atoms. The molecule has 3 nitrogen and oxygen atoms in total. The molecule has 0 saturated carbocycles. The Morgan fingerprint density at radius 2 is 2.00 bits per heavy atom. The summed E-state index contributed by atoms with van der Waals surface area (Å²) in [6.45, 7) is 1.79. The van der Waals surface area contributed by atoms with Crippen LogP contribution in [0.1, 0.15) is 13.3 Å². The van der Waals surface area contributed by atoms with E-state index in [2.05, 4.69) is 0 Å². The number of halogens is 1. The Hall–Kier alpha value is 0.170. The summed E-state index contributed by atoms with van der Waals surface area (Å²) in [6.07, 6.45) is 0.351. The van der Waals surface area contributed by atoms with Gasteiger partial charge in [-0.2, -0.15) is 0 Å². The van der Waals surface area contributed by atoms with Gasteiger partial charge in [0.15, 0.2) is 0 Å². The molecule has 0 heterocycles. The minimum atomic E-state index is -0.880. The van der Waals surface area contributed by atoms with E-state index < -0.39 is 5.60 Å². The van der Waals surface area contributed by atoms with Gasteiger partial charge in [0.1, 0.15) is 0 Å². The second-order valence-electron chi connectivity index (χ2n) is 2.17. The smallest absolute Gasteiger partial charge is 0.0763 e. The van der Waals surface area contributed by atoms with Crippen LogP contribution in [0.15, 0.2) is 0 Å². The van der Waals surface area contributed by atoms with E-state index in [4.69, 9.17) is 15.9 Å². The van der Waals surface area contributed by atoms with E-state index in [1.807, 2.05) is 0 Å². The molecule has 0 rings (SSSR count). The molecule has 0 amide bonds. The second kappa shape index (κ2) is 4.99. The molecule has 1 unspecified atom stereocenters. The van der Waals surface area contributed by atoms with Crippen molar-refractivity contribution in [2.75, 3.05) is 13.2 Å². The molecular weight excluding hydrogens is 142 g/mol. The fourth-order valence-electron chi connectivity index (χ4n) is 0.343. The van der Waals surface area contributed by atoms with E-state index in [1.54, 1.807) is 6.92 Å². The number of hydrogen-bond donors (Lipinski definition) is 3. The van der Waals surface area contributed by atoms with E-state index in [0.29, 0.717) is 6.42 Å². The molecule has 0 bridgehead atoms. The van der Waals surface area contributed by atoms with Crippen molar-refractivity contribution < 1.29 is 10.2 Å². The number of aliphatic hydroxyl groups is 2. The zero-order valence-electron chi connectivity index (χ0n) is 5.50. The third kappa shape index (κ3) is 6.05. The van der Waals surface area contributed by atoms with Gasteiger partial charge in [-0.1, -0.05) is 0 Å². The lowest BCUT2D eigenvalue weighted by Crippen LogP contribution is -2.34. The molecule has 0 aromatic heterocycles. The molecule has 0 radical (unpaired) electrons. The van der Waals surface area contributed by atoms with Gasteiger partial charge in [0.25, 0.3) is 0 Å². The van der Waals surface area contributed by atoms with Crippen LogP contribution in [0, 0.1) is 0 Å². The van der Waals surface area contributed by atoms with Crippen LogP contribution < -0.4 is 5.73 Å². The lowest BCUT2D eigenvalue weighted by atomic mass is 10.0. The van der Waals surface area contributed by atoms with Crippen molar-refractivity contribution in [2.45, 2.75) is 18.9 Å². The number of nitrogens with two attached hydrogens (primary N) is 1. The minimum Gasteiger partial charge on any atom is -0.396 e. The normalized spacial score (nSPS) is 16.0. The fourth-order valence-corrected chi connectivity index (χ4v) is 0.343. The van der Waals surface area contributed by atoms with Gasteiger partial charge in [0.05, 0.1) is 5.60 Å². The Labute approximate surface area is 61.3 Å². The van der Waals surface area contributed by atoms with Crippen LogP contribution in [0.4, 0.5) is 0 Å². The second-order valence-corrected chi connectivity index (χ2v) is 2.17. The first-order valence-electron chi connectivity index (χ1n) is 2.66. The summed E-state index contributed by atoms with van der Waals surface area (Å²) in [6, 6.07) is 0. The molecule has 0 aromatic rings. The molecular formula is C5H14ClNO2. The Balaban J connectivity index is 0. The molecule has 0 aliphatic heterocycles. The molecule has 0 fully saturated rings. The van der Waals surface area contributed by atoms with Crippen LogP contribution in [0.2, 0.25) is 0 Å². The first kappa shape index (κ1) is 11.9. The topological polar surface area (TPSA) is 66.5 Å². The van der Waals surface area contributed by atoms with Crippen LogP contribution >= 0.6 is 12.4 Å². The molecule has 4 heteroatoms. The SMILES string of the molecule is CC(O)(CN)CCO.Cl. The first-order valence-corrected chi connectivity index (χ1v) is 2.66. The van der Waals surface area contributed by atoms with E-state index in [1.165, 1.54) is 0 Å². The highest BCUT2D eigenvalue weighted by Crippen LogP contribution is 2.03. The summed E-state index contributed by atoms with van der Waals surface area (Å²) in [5.74, 6) is 0. The van der Waals surface area contributed by atoms with E-state index in [9.17, 15) is 0 Å². The lowest BCUT2D eigenvalue weighted by molar-refractivity contribution is 0.0418. The summed E-state index contributed by atoms with van der Waals surface area (Å²) in [4.78, 5) is 0. The third-order valence-corrected chi connectivity index (χ3v) is 1.09. The molecule has 0 aliphatic carbocycles. The van der Waals surface area contributed by atoms with E-state index in [-0.39, 0.29) is 25.6 Å². The average molecular weight is 156 g/mol. The van der Waals surface area contributed by atoms with Gasteiger partial charge in [-0.3, -0.25) is 0 Å². The molecule has 9 heavy (non-hydrogen) atoms. The highest BCUT2D eigenvalue weighted by atomic mass is 35.5. The number of hydrogen-bond acceptors (Lipinski definition) is 3. The van der Waals surface area contributed by atoms with Gasteiger partial charge >= 0.3 is 0 Å². The summed E-state index contributed by atoms with van der Waals surface area (Å²) < 4.78 is 0. The van der Waals surface area contributed by atoms with Crippen LogP contribution in [0.3, 0.4) is 0 Å². The summed E-state index contributed by atoms with van der Waals surface area (Å²) in [7, 11) is 0. The van der Waals surface area contributed by atoms with Crippen molar-refractivity contribution in [3.8, 4) is 0 Å². The van der Waals surface area contributed by atoms with Crippen molar-refractivity contribution in [1.29, 1.82) is 0 Å². The van der Waals surface area contributed by atoms with Gasteiger partial charge in [0, 0.05) is 19.6 Å². The maximum absolute atomic E-state index is 9.04. The molecule has 0 aliphatic rings. The van der Waals surface area contributed by atoms with Crippen molar-refractivity contribution >= 4 is 12.4 Å². The fraction of sp³-hybridized carbons (Fsp3) is 1.00. The molecule has 4 N–H and O–H groups in total. The van der Waals surface area contributed by atoms with E-state index >= 15 is 0 Å². The Morgan fingerprint density at radius 1 is 1.56 bits per heavy atom. The molecule has 1 atom stereocenters. The van der Waals surface area contributed by atoms with Gasteiger partial charge in [-0.15, -0.1) is 12.4 Å². The van der Waals surface area contributed by atoms with Crippen LogP contribution in [0.25, 0.3) is 0 Å². The van der Waals surface area contributed by atoms with Gasteiger partial charge in [-0.05, 0) is 6.92 Å². The summed E-state index contributed by atoms with van der Waals surface area (Å²) >= 11 is 0. The third-order valence-electron chi connectivity index (χ3n) is 1.09. The maximum Gasteiger partial charge on any atom is 0.0763 e. The zero-order valence-corrected chi connectivity index (χ0v) is 6.32. The Kier molecular flexibility index (Phi) is 6.61. The Morgan fingerprint density at radius 3 is 2.11 bits per heavy atom. The van der Waals surface area contributed by atoms with Gasteiger partial charge in [-0.25, -0.2) is 0 Å². The van der Waals surface area contributed by atoms with Crippen molar-refractivity contribution in [3.63, 3.8) is 0 Å². The molecule has 0 saturated heterocycles. The predicted octanol–water partition coefficient (Wildman–Crippen LogP) is -0.500. The maximum atomic E-state index is 9.04. The van der Waals surface area contributed by atoms with Crippen LogP contribution in [-0.4, -0.2) is 29.0 Å². The van der Waals surface area contributed by atoms with Crippen LogP contribution in [-0.2, 0) is 0 Å². The Bertz CT molecular complexity index is 68.0. The highest BCUT2D eigenvalue weighted by Gasteiger charge is 2.15. The average Bonchev–Trinajstić information content (AvgIpc) is 1.67. The van der Waals surface area contributed by atoms with Gasteiger partial charge < -0.3 is 15.9 Å². The quantitative estimate of drug-likeness (QED) is 0.515. The van der Waals surface area contributed by atoms with Crippen molar-refractivity contribution in [3.05, 3.63) is 0 Å². The van der Waals surface area contributed by atoms with Gasteiger partial charge in [0.2, 0.25) is 0 Å². The van der Waals surface area contributed by atoms with Crippen LogP contribution in [0.5, 0.6) is 0 Å². The summed E-state index contributed by atoms with van der Waals surface area (Å²) in [5.41, 5.74) is 4.25. The van der Waals surface area contributed by atoms with Crippen molar-refractivity contribution in [1.82, 2.24) is 0 Å². The first-order chi connectivity index (χ1) is 3.62. The summed E-state index contributed by atoms with van der Waals surface area (Å²) in [5, 5.41) is 17.4. The predicted molar refractivity (Wildman–Crippen MR) is 38.6 cm³/mol. The number of aliphatic hydroxyl groups excluding tert-OH is 1. The highest BCUT2D eigenvalue weighted by molar-refractivity contribution is 5.85.